The summed E-state index contributed by atoms with van der Waals surface area (Å²) in [4.78, 5) is 4.31. The molecule has 1 unspecified atom stereocenters. The van der Waals surface area contributed by atoms with Crippen LogP contribution < -0.4 is 5.73 Å². The molecule has 3 nitrogen and oxygen atoms in total. The summed E-state index contributed by atoms with van der Waals surface area (Å²) < 4.78 is 2.91. The Kier molecular flexibility index (Phi) is 3.00. The van der Waals surface area contributed by atoms with Gasteiger partial charge in [-0.3, -0.25) is 0 Å². The van der Waals surface area contributed by atoms with Crippen LogP contribution in [0.25, 0.3) is 5.52 Å². The highest BCUT2D eigenvalue weighted by Crippen LogP contribution is 2.26. The van der Waals surface area contributed by atoms with Crippen molar-refractivity contribution in [3.63, 3.8) is 0 Å². The van der Waals surface area contributed by atoms with Gasteiger partial charge in [0, 0.05) is 23.1 Å². The minimum Gasteiger partial charge on any atom is -0.328 e. The van der Waals surface area contributed by atoms with Crippen LogP contribution in [-0.4, -0.2) is 15.4 Å². The van der Waals surface area contributed by atoms with Crippen molar-refractivity contribution in [1.29, 1.82) is 0 Å². The number of nitrogens with zero attached hydrogens (tertiary/aromatic N) is 2. The Bertz CT molecular complexity index is 493. The van der Waals surface area contributed by atoms with Crippen molar-refractivity contribution in [3.8, 4) is 0 Å². The van der Waals surface area contributed by atoms with Crippen LogP contribution in [0, 0.1) is 0 Å². The maximum absolute atomic E-state index is 6.06. The molecule has 2 aromatic rings. The van der Waals surface area contributed by atoms with E-state index in [0.717, 1.165) is 15.8 Å². The van der Waals surface area contributed by atoms with E-state index in [1.54, 1.807) is 0 Å². The molecule has 0 aromatic carbocycles. The first-order valence-corrected chi connectivity index (χ1v) is 5.83. The van der Waals surface area contributed by atoms with E-state index in [0.29, 0.717) is 11.6 Å². The zero-order valence-electron chi connectivity index (χ0n) is 8.24. The number of pyridine rings is 1. The van der Waals surface area contributed by atoms with Gasteiger partial charge in [0.1, 0.15) is 5.82 Å². The molecule has 15 heavy (non-hydrogen) atoms. The lowest BCUT2D eigenvalue weighted by atomic mass is 10.2. The average molecular weight is 289 g/mol. The van der Waals surface area contributed by atoms with Crippen molar-refractivity contribution in [3.05, 3.63) is 33.8 Å². The Morgan fingerprint density at radius 2 is 2.40 bits per heavy atom. The van der Waals surface area contributed by atoms with Gasteiger partial charge in [-0.2, -0.15) is 0 Å². The predicted molar refractivity (Wildman–Crippen MR) is 65.3 cm³/mol. The van der Waals surface area contributed by atoms with Gasteiger partial charge in [-0.15, -0.1) is 0 Å². The molecule has 2 rings (SSSR count). The summed E-state index contributed by atoms with van der Waals surface area (Å²) >= 11 is 9.51. The molecule has 0 bridgehead atoms. The maximum atomic E-state index is 6.06. The number of imidazole rings is 1. The highest BCUT2D eigenvalue weighted by atomic mass is 79.9. The molecule has 1 atom stereocenters. The number of rotatable bonds is 2. The zero-order chi connectivity index (χ0) is 11.0. The third kappa shape index (κ3) is 2.02. The third-order valence-electron chi connectivity index (χ3n) is 2.15. The van der Waals surface area contributed by atoms with Crippen molar-refractivity contribution in [2.75, 3.05) is 0 Å². The molecule has 0 amide bonds. The molecule has 0 aliphatic carbocycles. The van der Waals surface area contributed by atoms with Crippen LogP contribution >= 0.6 is 27.5 Å². The van der Waals surface area contributed by atoms with Crippen LogP contribution in [0.15, 0.2) is 22.8 Å². The fourth-order valence-corrected chi connectivity index (χ4v) is 2.48. The van der Waals surface area contributed by atoms with Gasteiger partial charge in [-0.05, 0) is 35.0 Å². The van der Waals surface area contributed by atoms with Crippen molar-refractivity contribution in [2.45, 2.75) is 19.4 Å². The minimum atomic E-state index is 0.0747. The molecular weight excluding hydrogens is 277 g/mol. The molecule has 0 aliphatic heterocycles. The Morgan fingerprint density at radius 3 is 3.07 bits per heavy atom. The van der Waals surface area contributed by atoms with Gasteiger partial charge in [-0.25, -0.2) is 4.98 Å². The summed E-state index contributed by atoms with van der Waals surface area (Å²) in [5.41, 5.74) is 6.65. The first kappa shape index (κ1) is 10.9. The molecule has 2 heterocycles. The molecule has 0 fully saturated rings. The second-order valence-corrected chi connectivity index (χ2v) is 4.79. The number of hydrogen-bond acceptors (Lipinski definition) is 2. The van der Waals surface area contributed by atoms with E-state index in [1.807, 2.05) is 29.7 Å². The molecule has 0 radical (unpaired) electrons. The summed E-state index contributed by atoms with van der Waals surface area (Å²) in [6.07, 6.45) is 2.65. The Morgan fingerprint density at radius 1 is 1.67 bits per heavy atom. The third-order valence-corrected chi connectivity index (χ3v) is 3.05. The Hall–Kier alpha value is -0.580. The van der Waals surface area contributed by atoms with Gasteiger partial charge in [-0.1, -0.05) is 11.6 Å². The smallest absolute Gasteiger partial charge is 0.156 e. The topological polar surface area (TPSA) is 43.3 Å². The molecule has 2 N–H and O–H groups in total. The summed E-state index contributed by atoms with van der Waals surface area (Å²) in [6.45, 7) is 1.95. The Labute approximate surface area is 101 Å². The van der Waals surface area contributed by atoms with Gasteiger partial charge >= 0.3 is 0 Å². The Balaban J connectivity index is 2.63. The van der Waals surface area contributed by atoms with Gasteiger partial charge in [0.25, 0.3) is 0 Å². The fraction of sp³-hybridized carbons (Fsp3) is 0.300. The number of nitrogens with two attached hydrogens (primary N) is 1. The van der Waals surface area contributed by atoms with E-state index in [9.17, 15) is 0 Å². The molecule has 0 saturated carbocycles. The number of hydrogen-bond donors (Lipinski definition) is 1. The highest BCUT2D eigenvalue weighted by Gasteiger charge is 2.12. The van der Waals surface area contributed by atoms with E-state index >= 15 is 0 Å². The van der Waals surface area contributed by atoms with Crippen LogP contribution in [-0.2, 0) is 6.42 Å². The predicted octanol–water partition coefficient (Wildman–Crippen LogP) is 2.64. The maximum Gasteiger partial charge on any atom is 0.156 e. The SMILES string of the molecule is CC(N)Cc1nc(Cl)c2c(Br)cccn12. The summed E-state index contributed by atoms with van der Waals surface area (Å²) in [5, 5.41) is 0.512. The fourth-order valence-electron chi connectivity index (χ4n) is 1.55. The normalized spacial score (nSPS) is 13.3. The number of aromatic nitrogens is 2. The molecule has 5 heteroatoms. The van der Waals surface area contributed by atoms with E-state index in [4.69, 9.17) is 17.3 Å². The van der Waals surface area contributed by atoms with Gasteiger partial charge in [0.05, 0.1) is 5.52 Å². The van der Waals surface area contributed by atoms with Crippen LogP contribution in [0.2, 0.25) is 5.15 Å². The minimum absolute atomic E-state index is 0.0747. The van der Waals surface area contributed by atoms with Crippen LogP contribution in [0.5, 0.6) is 0 Å². The number of fused-ring (bicyclic) bond motifs is 1. The zero-order valence-corrected chi connectivity index (χ0v) is 10.6. The van der Waals surface area contributed by atoms with Gasteiger partial charge in [0.2, 0.25) is 0 Å². The molecular formula is C10H11BrClN3. The van der Waals surface area contributed by atoms with E-state index < -0.39 is 0 Å². The van der Waals surface area contributed by atoms with Crippen molar-refractivity contribution in [2.24, 2.45) is 5.73 Å². The van der Waals surface area contributed by atoms with Gasteiger partial charge in [0.15, 0.2) is 5.15 Å². The molecule has 0 saturated heterocycles. The summed E-state index contributed by atoms with van der Waals surface area (Å²) in [7, 11) is 0. The standard InChI is InChI=1S/C10H11BrClN3/c1-6(13)5-8-14-10(12)9-7(11)3-2-4-15(8)9/h2-4,6H,5,13H2,1H3. The summed E-state index contributed by atoms with van der Waals surface area (Å²) in [5.74, 6) is 0.895. The summed E-state index contributed by atoms with van der Waals surface area (Å²) in [6, 6.07) is 3.96. The van der Waals surface area contributed by atoms with Crippen molar-refractivity contribution in [1.82, 2.24) is 9.38 Å². The lowest BCUT2D eigenvalue weighted by molar-refractivity contribution is 0.700. The molecule has 0 spiro atoms. The van der Waals surface area contributed by atoms with Crippen LogP contribution in [0.1, 0.15) is 12.7 Å². The quantitative estimate of drug-likeness (QED) is 0.923. The molecule has 2 aromatic heterocycles. The lowest BCUT2D eigenvalue weighted by Crippen LogP contribution is -2.19. The lowest BCUT2D eigenvalue weighted by Gasteiger charge is -2.04. The first-order valence-electron chi connectivity index (χ1n) is 4.66. The average Bonchev–Trinajstić information content (AvgIpc) is 2.44. The van der Waals surface area contributed by atoms with Crippen LogP contribution in [0.3, 0.4) is 0 Å². The second-order valence-electron chi connectivity index (χ2n) is 3.57. The van der Waals surface area contributed by atoms with Crippen LogP contribution in [0.4, 0.5) is 0 Å². The molecule has 0 aliphatic rings. The first-order chi connectivity index (χ1) is 7.09. The van der Waals surface area contributed by atoms with Gasteiger partial charge < -0.3 is 10.1 Å². The highest BCUT2D eigenvalue weighted by molar-refractivity contribution is 9.10. The monoisotopic (exact) mass is 287 g/mol. The second kappa shape index (κ2) is 4.12. The van der Waals surface area contributed by atoms with Crippen molar-refractivity contribution >= 4 is 33.0 Å². The largest absolute Gasteiger partial charge is 0.328 e. The van der Waals surface area contributed by atoms with E-state index in [1.165, 1.54) is 0 Å². The number of halogens is 2. The van der Waals surface area contributed by atoms with E-state index in [-0.39, 0.29) is 6.04 Å². The van der Waals surface area contributed by atoms with E-state index in [2.05, 4.69) is 20.9 Å². The van der Waals surface area contributed by atoms with Crippen molar-refractivity contribution < 1.29 is 0 Å². The molecule has 80 valence electrons.